The fourth-order valence-corrected chi connectivity index (χ4v) is 5.74. The van der Waals surface area contributed by atoms with Crippen LogP contribution >= 0.6 is 11.3 Å². The molecular weight excluding hydrogens is 524 g/mol. The Balaban J connectivity index is 1.44. The quantitative estimate of drug-likeness (QED) is 0.425. The standard InChI is InChI=1S/C31H34N4O4S/c1-19-27(40-18-33-19)22-10-5-20(6-11-22)9-14-26(37)25-15-24(36)17-35(25)30(39)28(31(2,3)4)34-29(38)23-12-7-21(16-32)8-13-23/h5-8,10-13,18,24-25,28,36H,9,14-15,17H2,1-4H3,(H,34,38)/t24-,25+,28-/m1/s1. The molecule has 4 rings (SSSR count). The van der Waals surface area contributed by atoms with Crippen LogP contribution in [-0.4, -0.2) is 57.3 Å². The maximum atomic E-state index is 13.8. The Morgan fingerprint density at radius 2 is 1.82 bits per heavy atom. The first-order chi connectivity index (χ1) is 19.0. The summed E-state index contributed by atoms with van der Waals surface area (Å²) >= 11 is 1.59. The van der Waals surface area contributed by atoms with Crippen molar-refractivity contribution in [3.63, 3.8) is 0 Å². The molecule has 0 unspecified atom stereocenters. The van der Waals surface area contributed by atoms with Crippen LogP contribution in [0.5, 0.6) is 0 Å². The number of aryl methyl sites for hydroxylation is 2. The molecule has 40 heavy (non-hydrogen) atoms. The molecule has 2 N–H and O–H groups in total. The summed E-state index contributed by atoms with van der Waals surface area (Å²) in [6.07, 6.45) is 0.120. The van der Waals surface area contributed by atoms with Gasteiger partial charge in [0.1, 0.15) is 6.04 Å². The molecule has 208 valence electrons. The number of carbonyl (C=O) groups is 3. The normalized spacial score (nSPS) is 17.8. The predicted octanol–water partition coefficient (Wildman–Crippen LogP) is 4.30. The van der Waals surface area contributed by atoms with Gasteiger partial charge in [-0.25, -0.2) is 4.98 Å². The molecule has 0 radical (unpaired) electrons. The van der Waals surface area contributed by atoms with E-state index in [1.807, 2.05) is 63.5 Å². The van der Waals surface area contributed by atoms with Crippen molar-refractivity contribution in [2.75, 3.05) is 6.54 Å². The Bertz CT molecular complexity index is 1420. The molecule has 1 saturated heterocycles. The summed E-state index contributed by atoms with van der Waals surface area (Å²) in [4.78, 5) is 46.9. The number of rotatable bonds is 8. The highest BCUT2D eigenvalue weighted by molar-refractivity contribution is 7.13. The predicted molar refractivity (Wildman–Crippen MR) is 154 cm³/mol. The van der Waals surface area contributed by atoms with Crippen LogP contribution in [0.4, 0.5) is 0 Å². The van der Waals surface area contributed by atoms with Crippen molar-refractivity contribution in [1.29, 1.82) is 5.26 Å². The molecule has 1 aliphatic rings. The smallest absolute Gasteiger partial charge is 0.251 e. The van der Waals surface area contributed by atoms with E-state index in [0.717, 1.165) is 21.7 Å². The van der Waals surface area contributed by atoms with Crippen LogP contribution in [0.15, 0.2) is 54.0 Å². The van der Waals surface area contributed by atoms with Gasteiger partial charge in [0.2, 0.25) is 5.91 Å². The Morgan fingerprint density at radius 3 is 2.40 bits per heavy atom. The molecule has 2 aromatic carbocycles. The number of nitrogens with one attached hydrogen (secondary N) is 1. The summed E-state index contributed by atoms with van der Waals surface area (Å²) in [5.74, 6) is -0.954. The van der Waals surface area contributed by atoms with E-state index in [9.17, 15) is 19.5 Å². The van der Waals surface area contributed by atoms with E-state index >= 15 is 0 Å². The molecule has 1 aromatic heterocycles. The molecule has 0 spiro atoms. The number of Topliss-reactive ketones (excluding diaryl/α,β-unsaturated/α-hetero) is 1. The molecule has 3 atom stereocenters. The summed E-state index contributed by atoms with van der Waals surface area (Å²) < 4.78 is 0. The largest absolute Gasteiger partial charge is 0.391 e. The summed E-state index contributed by atoms with van der Waals surface area (Å²) in [6, 6.07) is 14.6. The van der Waals surface area contributed by atoms with E-state index in [-0.39, 0.29) is 25.2 Å². The van der Waals surface area contributed by atoms with Gasteiger partial charge < -0.3 is 15.3 Å². The molecule has 0 bridgehead atoms. The number of hydrogen-bond donors (Lipinski definition) is 2. The van der Waals surface area contributed by atoms with Gasteiger partial charge in [0.05, 0.1) is 39.9 Å². The van der Waals surface area contributed by atoms with Crippen LogP contribution in [0, 0.1) is 23.7 Å². The highest BCUT2D eigenvalue weighted by Crippen LogP contribution is 2.29. The number of likely N-dealkylation sites (tertiary alicyclic amines) is 1. The molecule has 9 heteroatoms. The second-order valence-electron chi connectivity index (χ2n) is 11.3. The van der Waals surface area contributed by atoms with Gasteiger partial charge in [-0.3, -0.25) is 14.4 Å². The number of amides is 2. The number of carbonyl (C=O) groups excluding carboxylic acids is 3. The number of benzene rings is 2. The molecule has 3 aromatic rings. The third kappa shape index (κ3) is 6.64. The van der Waals surface area contributed by atoms with Crippen molar-refractivity contribution in [3.05, 3.63) is 76.4 Å². The van der Waals surface area contributed by atoms with Gasteiger partial charge in [-0.2, -0.15) is 5.26 Å². The van der Waals surface area contributed by atoms with E-state index in [1.54, 1.807) is 23.5 Å². The molecule has 1 fully saturated rings. The summed E-state index contributed by atoms with van der Waals surface area (Å²) in [5, 5.41) is 22.3. The van der Waals surface area contributed by atoms with Crippen LogP contribution in [-0.2, 0) is 16.0 Å². The van der Waals surface area contributed by atoms with Crippen LogP contribution in [0.1, 0.15) is 60.8 Å². The lowest BCUT2D eigenvalue weighted by atomic mass is 9.85. The van der Waals surface area contributed by atoms with Gasteiger partial charge >= 0.3 is 0 Å². The number of thiazole rings is 1. The van der Waals surface area contributed by atoms with E-state index in [1.165, 1.54) is 17.0 Å². The number of aromatic nitrogens is 1. The first-order valence-electron chi connectivity index (χ1n) is 13.3. The van der Waals surface area contributed by atoms with Crippen LogP contribution < -0.4 is 5.32 Å². The number of ketones is 1. The molecule has 1 aliphatic heterocycles. The Morgan fingerprint density at radius 1 is 1.15 bits per heavy atom. The third-order valence-corrected chi connectivity index (χ3v) is 8.20. The van der Waals surface area contributed by atoms with Crippen LogP contribution in [0.3, 0.4) is 0 Å². The van der Waals surface area contributed by atoms with E-state index in [2.05, 4.69) is 10.3 Å². The highest BCUT2D eigenvalue weighted by Gasteiger charge is 2.44. The molecular formula is C31H34N4O4S. The number of aliphatic hydroxyl groups is 1. The highest BCUT2D eigenvalue weighted by atomic mass is 32.1. The number of β-amino-alcohol motifs (C(OH)–C–C–N with tert-alkyl or cyclic N) is 1. The molecule has 2 amide bonds. The van der Waals surface area contributed by atoms with Gasteiger partial charge in [0, 0.05) is 24.9 Å². The summed E-state index contributed by atoms with van der Waals surface area (Å²) in [6.45, 7) is 7.54. The Hall–Kier alpha value is -3.87. The number of nitrogens with zero attached hydrogens (tertiary/aromatic N) is 3. The average molecular weight is 559 g/mol. The maximum absolute atomic E-state index is 13.8. The second kappa shape index (κ2) is 12.1. The second-order valence-corrected chi connectivity index (χ2v) is 12.1. The van der Waals surface area contributed by atoms with Crippen molar-refractivity contribution in [2.45, 2.75) is 65.1 Å². The van der Waals surface area contributed by atoms with Crippen molar-refractivity contribution >= 4 is 28.9 Å². The lowest BCUT2D eigenvalue weighted by Crippen LogP contribution is -2.56. The summed E-state index contributed by atoms with van der Waals surface area (Å²) in [5.41, 5.74) is 5.01. The molecule has 8 nitrogen and oxygen atoms in total. The number of aliphatic hydroxyl groups excluding tert-OH is 1. The van der Waals surface area contributed by atoms with Crippen molar-refractivity contribution in [2.24, 2.45) is 5.41 Å². The Labute approximate surface area is 238 Å². The van der Waals surface area contributed by atoms with E-state index in [4.69, 9.17) is 5.26 Å². The topological polar surface area (TPSA) is 123 Å². The van der Waals surface area contributed by atoms with Crippen molar-refractivity contribution in [3.8, 4) is 16.5 Å². The monoisotopic (exact) mass is 558 g/mol. The first kappa shape index (κ1) is 29.1. The molecule has 0 aliphatic carbocycles. The van der Waals surface area contributed by atoms with Gasteiger partial charge in [0.15, 0.2) is 5.78 Å². The van der Waals surface area contributed by atoms with Gasteiger partial charge in [-0.05, 0) is 54.2 Å². The number of hydrogen-bond acceptors (Lipinski definition) is 7. The maximum Gasteiger partial charge on any atom is 0.251 e. The fraction of sp³-hybridized carbons (Fsp3) is 0.387. The fourth-order valence-electron chi connectivity index (χ4n) is 4.92. The lowest BCUT2D eigenvalue weighted by Gasteiger charge is -2.35. The zero-order chi connectivity index (χ0) is 29.0. The average Bonchev–Trinajstić information content (AvgIpc) is 3.54. The first-order valence-corrected chi connectivity index (χ1v) is 14.2. The zero-order valence-electron chi connectivity index (χ0n) is 23.2. The minimum atomic E-state index is -0.918. The third-order valence-electron chi connectivity index (χ3n) is 7.22. The molecule has 2 heterocycles. The Kier molecular flexibility index (Phi) is 8.82. The minimum absolute atomic E-state index is 0.0391. The SMILES string of the molecule is Cc1ncsc1-c1ccc(CCC(=O)[C@@H]2C[C@@H](O)CN2C(=O)[C@@H](NC(=O)c2ccc(C#N)cc2)C(C)(C)C)cc1. The van der Waals surface area contributed by atoms with E-state index in [0.29, 0.717) is 17.5 Å². The number of nitriles is 1. The van der Waals surface area contributed by atoms with Crippen LogP contribution in [0.2, 0.25) is 0 Å². The van der Waals surface area contributed by atoms with Crippen LogP contribution in [0.25, 0.3) is 10.4 Å². The lowest BCUT2D eigenvalue weighted by molar-refractivity contribution is -0.141. The van der Waals surface area contributed by atoms with Crippen molar-refractivity contribution in [1.82, 2.24) is 15.2 Å². The van der Waals surface area contributed by atoms with Crippen molar-refractivity contribution < 1.29 is 19.5 Å². The van der Waals surface area contributed by atoms with Gasteiger partial charge in [-0.15, -0.1) is 11.3 Å². The molecule has 0 saturated carbocycles. The summed E-state index contributed by atoms with van der Waals surface area (Å²) in [7, 11) is 0. The van der Waals surface area contributed by atoms with Gasteiger partial charge in [-0.1, -0.05) is 45.0 Å². The van der Waals surface area contributed by atoms with E-state index < -0.39 is 35.4 Å². The zero-order valence-corrected chi connectivity index (χ0v) is 24.0. The van der Waals surface area contributed by atoms with Gasteiger partial charge in [0.25, 0.3) is 5.91 Å². The minimum Gasteiger partial charge on any atom is -0.391 e.